The third-order valence-electron chi connectivity index (χ3n) is 3.77. The van der Waals surface area contributed by atoms with Gasteiger partial charge in [0.2, 0.25) is 11.8 Å². The van der Waals surface area contributed by atoms with Gasteiger partial charge in [-0.15, -0.1) is 11.8 Å². The summed E-state index contributed by atoms with van der Waals surface area (Å²) in [6.45, 7) is 1.07. The minimum Gasteiger partial charge on any atom is -0.386 e. The number of aliphatic hydroxyl groups is 1. The summed E-state index contributed by atoms with van der Waals surface area (Å²) in [6.07, 6.45) is 2.17. The number of amides is 2. The number of carbonyl (C=O) groups is 2. The molecule has 2 aliphatic heterocycles. The van der Waals surface area contributed by atoms with E-state index in [0.717, 1.165) is 12.8 Å². The lowest BCUT2D eigenvalue weighted by molar-refractivity contribution is -0.161. The molecular formula is C11H16N2O3S. The Labute approximate surface area is 104 Å². The Morgan fingerprint density at radius 3 is 2.71 bits per heavy atom. The molecule has 0 bridgehead atoms. The van der Waals surface area contributed by atoms with E-state index in [4.69, 9.17) is 0 Å². The van der Waals surface area contributed by atoms with Gasteiger partial charge in [-0.25, -0.2) is 0 Å². The maximum absolute atomic E-state index is 11.9. The van der Waals surface area contributed by atoms with Crippen molar-refractivity contribution in [2.24, 2.45) is 5.92 Å². The largest absolute Gasteiger partial charge is 0.386 e. The standard InChI is InChI=1S/C11H16N2O3S/c14-9(3-12-7-17-4-10(12)15)13-5-11(16,6-13)8-1-2-8/h8,16H,1-7H2. The van der Waals surface area contributed by atoms with Crippen LogP contribution in [0.4, 0.5) is 0 Å². The van der Waals surface area contributed by atoms with Gasteiger partial charge in [0.25, 0.3) is 0 Å². The molecule has 3 rings (SSSR count). The van der Waals surface area contributed by atoms with Crippen LogP contribution in [-0.4, -0.2) is 63.6 Å². The summed E-state index contributed by atoms with van der Waals surface area (Å²) in [5.41, 5.74) is -0.626. The molecule has 0 aromatic heterocycles. The molecule has 0 radical (unpaired) electrons. The van der Waals surface area contributed by atoms with E-state index >= 15 is 0 Å². The van der Waals surface area contributed by atoms with E-state index < -0.39 is 5.60 Å². The van der Waals surface area contributed by atoms with Crippen LogP contribution in [0, 0.1) is 5.92 Å². The van der Waals surface area contributed by atoms with E-state index in [1.165, 1.54) is 0 Å². The highest BCUT2D eigenvalue weighted by molar-refractivity contribution is 8.00. The molecule has 3 fully saturated rings. The highest BCUT2D eigenvalue weighted by atomic mass is 32.2. The van der Waals surface area contributed by atoms with Gasteiger partial charge in [-0.2, -0.15) is 0 Å². The van der Waals surface area contributed by atoms with Gasteiger partial charge >= 0.3 is 0 Å². The molecule has 17 heavy (non-hydrogen) atoms. The molecule has 1 N–H and O–H groups in total. The van der Waals surface area contributed by atoms with Gasteiger partial charge in [-0.05, 0) is 18.8 Å². The first kappa shape index (κ1) is 11.3. The first-order valence-corrected chi connectivity index (χ1v) is 7.10. The summed E-state index contributed by atoms with van der Waals surface area (Å²) in [5.74, 6) is 1.51. The topological polar surface area (TPSA) is 60.9 Å². The summed E-state index contributed by atoms with van der Waals surface area (Å²) >= 11 is 1.54. The van der Waals surface area contributed by atoms with Crippen LogP contribution in [0.25, 0.3) is 0 Å². The molecule has 2 saturated heterocycles. The minimum absolute atomic E-state index is 0.0359. The average molecular weight is 256 g/mol. The predicted molar refractivity (Wildman–Crippen MR) is 63.3 cm³/mol. The van der Waals surface area contributed by atoms with Crippen molar-refractivity contribution >= 4 is 23.6 Å². The number of rotatable bonds is 3. The summed E-state index contributed by atoms with van der Waals surface area (Å²) in [6, 6.07) is 0. The Hall–Kier alpha value is -0.750. The minimum atomic E-state index is -0.626. The van der Waals surface area contributed by atoms with E-state index in [9.17, 15) is 14.7 Å². The second kappa shape index (κ2) is 3.88. The molecule has 1 saturated carbocycles. The predicted octanol–water partition coefficient (Wildman–Crippen LogP) is -0.497. The maximum atomic E-state index is 11.9. The van der Waals surface area contributed by atoms with E-state index in [1.807, 2.05) is 0 Å². The van der Waals surface area contributed by atoms with E-state index in [-0.39, 0.29) is 18.4 Å². The van der Waals surface area contributed by atoms with Gasteiger partial charge in [-0.3, -0.25) is 9.59 Å². The monoisotopic (exact) mass is 256 g/mol. The third kappa shape index (κ3) is 2.04. The van der Waals surface area contributed by atoms with Crippen LogP contribution in [0.1, 0.15) is 12.8 Å². The van der Waals surface area contributed by atoms with Crippen molar-refractivity contribution < 1.29 is 14.7 Å². The Morgan fingerprint density at radius 1 is 1.47 bits per heavy atom. The molecule has 5 nitrogen and oxygen atoms in total. The molecule has 6 heteroatoms. The molecule has 1 aliphatic carbocycles. The summed E-state index contributed by atoms with van der Waals surface area (Å²) in [7, 11) is 0. The first-order chi connectivity index (χ1) is 8.08. The van der Waals surface area contributed by atoms with Crippen LogP contribution in [0.3, 0.4) is 0 Å². The lowest BCUT2D eigenvalue weighted by Crippen LogP contribution is -2.65. The van der Waals surface area contributed by atoms with E-state index in [2.05, 4.69) is 0 Å². The van der Waals surface area contributed by atoms with E-state index in [0.29, 0.717) is 30.6 Å². The summed E-state index contributed by atoms with van der Waals surface area (Å²) < 4.78 is 0. The highest BCUT2D eigenvalue weighted by Crippen LogP contribution is 2.44. The van der Waals surface area contributed by atoms with Gasteiger partial charge in [0.1, 0.15) is 12.1 Å². The van der Waals surface area contributed by atoms with Gasteiger partial charge in [0.15, 0.2) is 0 Å². The van der Waals surface area contributed by atoms with Crippen LogP contribution >= 0.6 is 11.8 Å². The fourth-order valence-electron chi connectivity index (χ4n) is 2.47. The summed E-state index contributed by atoms with van der Waals surface area (Å²) in [5, 5.41) is 10.1. The molecule has 94 valence electrons. The Balaban J connectivity index is 1.49. The van der Waals surface area contributed by atoms with Gasteiger partial charge < -0.3 is 14.9 Å². The van der Waals surface area contributed by atoms with Gasteiger partial charge in [0.05, 0.1) is 24.7 Å². The van der Waals surface area contributed by atoms with Crippen LogP contribution in [0.5, 0.6) is 0 Å². The maximum Gasteiger partial charge on any atom is 0.242 e. The number of nitrogens with zero attached hydrogens (tertiary/aromatic N) is 2. The fraction of sp³-hybridized carbons (Fsp3) is 0.818. The fourth-order valence-corrected chi connectivity index (χ4v) is 3.38. The van der Waals surface area contributed by atoms with E-state index in [1.54, 1.807) is 21.6 Å². The number of thioether (sulfide) groups is 1. The molecule has 0 spiro atoms. The number of hydrogen-bond acceptors (Lipinski definition) is 4. The second-order valence-corrected chi connectivity index (χ2v) is 6.15. The molecule has 2 amide bonds. The molecular weight excluding hydrogens is 240 g/mol. The van der Waals surface area contributed by atoms with Crippen molar-refractivity contribution in [1.29, 1.82) is 0 Å². The lowest BCUT2D eigenvalue weighted by atomic mass is 9.88. The Bertz CT molecular complexity index is 364. The molecule has 0 unspecified atom stereocenters. The zero-order valence-electron chi connectivity index (χ0n) is 9.59. The number of carbonyl (C=O) groups excluding carboxylic acids is 2. The lowest BCUT2D eigenvalue weighted by Gasteiger charge is -2.47. The number of β-amino-alcohol motifs (C(OH)–C–C–N with tert-alkyl or cyclic N) is 1. The first-order valence-electron chi connectivity index (χ1n) is 5.94. The van der Waals surface area contributed by atoms with Gasteiger partial charge in [0, 0.05) is 0 Å². The van der Waals surface area contributed by atoms with Crippen molar-refractivity contribution in [2.75, 3.05) is 31.3 Å². The molecule has 0 aromatic carbocycles. The average Bonchev–Trinajstić information content (AvgIpc) is 3.01. The zero-order valence-corrected chi connectivity index (χ0v) is 10.4. The summed E-state index contributed by atoms with van der Waals surface area (Å²) in [4.78, 5) is 26.5. The van der Waals surface area contributed by atoms with Crippen molar-refractivity contribution in [2.45, 2.75) is 18.4 Å². The SMILES string of the molecule is O=C1CSCN1CC(=O)N1CC(O)(C2CC2)C1. The van der Waals surface area contributed by atoms with Gasteiger partial charge in [-0.1, -0.05) is 0 Å². The molecule has 0 aromatic rings. The third-order valence-corrected chi connectivity index (χ3v) is 4.72. The van der Waals surface area contributed by atoms with Crippen molar-refractivity contribution in [3.05, 3.63) is 0 Å². The highest BCUT2D eigenvalue weighted by Gasteiger charge is 2.53. The Kier molecular flexibility index (Phi) is 2.59. The quantitative estimate of drug-likeness (QED) is 0.740. The zero-order chi connectivity index (χ0) is 12.0. The van der Waals surface area contributed by atoms with Crippen LogP contribution in [0.2, 0.25) is 0 Å². The van der Waals surface area contributed by atoms with Crippen molar-refractivity contribution in [3.8, 4) is 0 Å². The molecule has 3 aliphatic rings. The molecule has 0 atom stereocenters. The number of hydrogen-bond donors (Lipinski definition) is 1. The number of likely N-dealkylation sites (tertiary alicyclic amines) is 1. The van der Waals surface area contributed by atoms with Crippen LogP contribution < -0.4 is 0 Å². The smallest absolute Gasteiger partial charge is 0.242 e. The van der Waals surface area contributed by atoms with Crippen molar-refractivity contribution in [1.82, 2.24) is 9.80 Å². The Morgan fingerprint density at radius 2 is 2.18 bits per heavy atom. The second-order valence-electron chi connectivity index (χ2n) is 5.20. The van der Waals surface area contributed by atoms with Crippen LogP contribution in [-0.2, 0) is 9.59 Å². The van der Waals surface area contributed by atoms with Crippen LogP contribution in [0.15, 0.2) is 0 Å². The molecule has 2 heterocycles. The van der Waals surface area contributed by atoms with Crippen molar-refractivity contribution in [3.63, 3.8) is 0 Å². The normalized spacial score (nSPS) is 27.2.